The van der Waals surface area contributed by atoms with Gasteiger partial charge in [0, 0.05) is 11.6 Å². The molecule has 0 spiro atoms. The van der Waals surface area contributed by atoms with Gasteiger partial charge in [-0.1, -0.05) is 22.9 Å². The van der Waals surface area contributed by atoms with Gasteiger partial charge in [-0.25, -0.2) is 13.4 Å². The average Bonchev–Trinajstić information content (AvgIpc) is 3.14. The molecule has 1 amide bonds. The summed E-state index contributed by atoms with van der Waals surface area (Å²) in [5, 5.41) is 0.908. The number of thiazole rings is 1. The van der Waals surface area contributed by atoms with Gasteiger partial charge >= 0.3 is 0 Å². The van der Waals surface area contributed by atoms with E-state index in [1.54, 1.807) is 0 Å². The molecule has 3 rings (SSSR count). The van der Waals surface area contributed by atoms with Gasteiger partial charge < -0.3 is 9.64 Å². The Hall–Kier alpha value is -2.20. The molecule has 1 aromatic heterocycles. The van der Waals surface area contributed by atoms with Gasteiger partial charge in [0.25, 0.3) is 0 Å². The molecule has 0 radical (unpaired) electrons. The quantitative estimate of drug-likeness (QED) is 0.421. The zero-order chi connectivity index (χ0) is 23.3. The van der Waals surface area contributed by atoms with E-state index in [0.717, 1.165) is 22.5 Å². The first-order chi connectivity index (χ1) is 15.2. The van der Waals surface area contributed by atoms with Gasteiger partial charge in [0.2, 0.25) is 5.91 Å². The molecule has 7 nitrogen and oxygen atoms in total. The maximum Gasteiger partial charge on any atom is 0.244 e. The number of anilines is 1. The fraction of sp³-hybridized carbons (Fsp3) is 0.364. The normalized spacial score (nSPS) is 11.8. The Morgan fingerprint density at radius 3 is 2.50 bits per heavy atom. The summed E-state index contributed by atoms with van der Waals surface area (Å²) in [6, 6.07) is 11.4. The van der Waals surface area contributed by atoms with E-state index in [4.69, 9.17) is 16.3 Å². The van der Waals surface area contributed by atoms with Crippen LogP contribution in [0.25, 0.3) is 10.2 Å². The predicted octanol–water partition coefficient (Wildman–Crippen LogP) is 4.11. The van der Waals surface area contributed by atoms with Crippen LogP contribution in [0.2, 0.25) is 5.02 Å². The second kappa shape index (κ2) is 10.6. The number of hydrogen-bond donors (Lipinski definition) is 0. The number of carbonyl (C=O) groups excluding carboxylic acids is 1. The molecule has 1 heterocycles. The molecule has 0 aliphatic carbocycles. The van der Waals surface area contributed by atoms with Gasteiger partial charge in [0.05, 0.1) is 21.7 Å². The first-order valence-electron chi connectivity index (χ1n) is 10.2. The van der Waals surface area contributed by atoms with Gasteiger partial charge in [-0.15, -0.1) is 0 Å². The van der Waals surface area contributed by atoms with E-state index in [0.29, 0.717) is 29.7 Å². The number of hydrogen-bond acceptors (Lipinski definition) is 7. The number of sulfone groups is 1. The van der Waals surface area contributed by atoms with Crippen molar-refractivity contribution in [1.82, 2.24) is 9.88 Å². The second-order valence-electron chi connectivity index (χ2n) is 7.47. The average molecular weight is 496 g/mol. The van der Waals surface area contributed by atoms with Gasteiger partial charge in [0.15, 0.2) is 15.0 Å². The molecule has 32 heavy (non-hydrogen) atoms. The van der Waals surface area contributed by atoms with Crippen molar-refractivity contribution < 1.29 is 17.9 Å². The molecule has 3 aromatic rings. The van der Waals surface area contributed by atoms with E-state index < -0.39 is 21.5 Å². The highest BCUT2D eigenvalue weighted by Crippen LogP contribution is 2.32. The third-order valence-corrected chi connectivity index (χ3v) is 7.58. The molecule has 10 heteroatoms. The van der Waals surface area contributed by atoms with Crippen LogP contribution in [0.1, 0.15) is 13.3 Å². The largest absolute Gasteiger partial charge is 0.494 e. The monoisotopic (exact) mass is 495 g/mol. The molecule has 0 unspecified atom stereocenters. The Morgan fingerprint density at radius 2 is 1.84 bits per heavy atom. The molecule has 0 bridgehead atoms. The molecule has 172 valence electrons. The Labute approximate surface area is 197 Å². The molecule has 0 fully saturated rings. The first-order valence-corrected chi connectivity index (χ1v) is 13.0. The summed E-state index contributed by atoms with van der Waals surface area (Å²) >= 11 is 7.20. The Bertz CT molecular complexity index is 1180. The summed E-state index contributed by atoms with van der Waals surface area (Å²) in [5.41, 5.74) is 0.736. The zero-order valence-corrected chi connectivity index (χ0v) is 20.6. The fourth-order valence-corrected chi connectivity index (χ4v) is 5.46. The first kappa shape index (κ1) is 24.4. The van der Waals surface area contributed by atoms with Gasteiger partial charge in [-0.3, -0.25) is 9.69 Å². The summed E-state index contributed by atoms with van der Waals surface area (Å²) in [4.78, 5) is 21.3. The zero-order valence-electron chi connectivity index (χ0n) is 18.2. The van der Waals surface area contributed by atoms with Crippen LogP contribution in [0.4, 0.5) is 5.13 Å². The highest BCUT2D eigenvalue weighted by atomic mass is 35.5. The minimum atomic E-state index is -3.82. The van der Waals surface area contributed by atoms with Crippen molar-refractivity contribution in [3.05, 3.63) is 47.5 Å². The van der Waals surface area contributed by atoms with Crippen LogP contribution in [-0.4, -0.2) is 63.8 Å². The van der Waals surface area contributed by atoms with Crippen molar-refractivity contribution in [1.29, 1.82) is 0 Å². The number of benzene rings is 2. The van der Waals surface area contributed by atoms with Crippen LogP contribution >= 0.6 is 22.9 Å². The number of halogens is 1. The standard InChI is InChI=1S/C22H26ClN3O4S2/c1-4-30-17-8-11-19-20(14-17)31-22(24-19)26(13-5-12-25(2)3)21(27)15-32(28,29)18-9-6-16(23)7-10-18/h6-11,14H,4-5,12-13,15H2,1-3H3. The highest BCUT2D eigenvalue weighted by Gasteiger charge is 2.26. The molecule has 0 atom stereocenters. The molecule has 0 aliphatic heterocycles. The van der Waals surface area contributed by atoms with E-state index in [1.807, 2.05) is 44.1 Å². The van der Waals surface area contributed by atoms with Crippen LogP contribution in [0.3, 0.4) is 0 Å². The van der Waals surface area contributed by atoms with Gasteiger partial charge in [-0.05, 0) is 76.4 Å². The van der Waals surface area contributed by atoms with Crippen LogP contribution in [0.15, 0.2) is 47.4 Å². The molecular weight excluding hydrogens is 470 g/mol. The third kappa shape index (κ3) is 6.19. The minimum absolute atomic E-state index is 0.0640. The second-order valence-corrected chi connectivity index (χ2v) is 10.9. The lowest BCUT2D eigenvalue weighted by molar-refractivity contribution is -0.116. The number of fused-ring (bicyclic) bond motifs is 1. The summed E-state index contributed by atoms with van der Waals surface area (Å²) < 4.78 is 32.1. The lowest BCUT2D eigenvalue weighted by atomic mass is 10.3. The molecule has 2 aromatic carbocycles. The van der Waals surface area contributed by atoms with Crippen LogP contribution < -0.4 is 9.64 Å². The molecule has 0 saturated carbocycles. The van der Waals surface area contributed by atoms with Crippen molar-refractivity contribution in [3.8, 4) is 5.75 Å². The summed E-state index contributed by atoms with van der Waals surface area (Å²) in [6.07, 6.45) is 0.680. The minimum Gasteiger partial charge on any atom is -0.494 e. The van der Waals surface area contributed by atoms with Crippen molar-refractivity contribution >= 4 is 54.0 Å². The van der Waals surface area contributed by atoms with Crippen molar-refractivity contribution in [2.75, 3.05) is 44.4 Å². The van der Waals surface area contributed by atoms with Crippen molar-refractivity contribution in [2.45, 2.75) is 18.2 Å². The van der Waals surface area contributed by atoms with Crippen molar-refractivity contribution in [3.63, 3.8) is 0 Å². The molecular formula is C22H26ClN3O4S2. The van der Waals surface area contributed by atoms with E-state index in [-0.39, 0.29) is 4.90 Å². The number of amides is 1. The summed E-state index contributed by atoms with van der Waals surface area (Å²) in [5.74, 6) is -0.426. The Balaban J connectivity index is 1.88. The molecule has 0 saturated heterocycles. The van der Waals surface area contributed by atoms with E-state index in [2.05, 4.69) is 4.98 Å². The Morgan fingerprint density at radius 1 is 1.12 bits per heavy atom. The highest BCUT2D eigenvalue weighted by molar-refractivity contribution is 7.92. The number of rotatable bonds is 10. The molecule has 0 aliphatic rings. The number of carbonyl (C=O) groups is 1. The maximum absolute atomic E-state index is 13.2. The van der Waals surface area contributed by atoms with Crippen molar-refractivity contribution in [2.24, 2.45) is 0 Å². The van der Waals surface area contributed by atoms with Gasteiger partial charge in [-0.2, -0.15) is 0 Å². The predicted molar refractivity (Wildman–Crippen MR) is 130 cm³/mol. The van der Waals surface area contributed by atoms with E-state index >= 15 is 0 Å². The smallest absolute Gasteiger partial charge is 0.244 e. The number of ether oxygens (including phenoxy) is 1. The summed E-state index contributed by atoms with van der Waals surface area (Å²) in [7, 11) is 0.0788. The third-order valence-electron chi connectivity index (χ3n) is 4.66. The summed E-state index contributed by atoms with van der Waals surface area (Å²) in [6.45, 7) is 3.59. The maximum atomic E-state index is 13.2. The molecule has 0 N–H and O–H groups in total. The van der Waals surface area contributed by atoms with E-state index in [1.165, 1.54) is 40.5 Å². The number of nitrogens with zero attached hydrogens (tertiary/aromatic N) is 3. The van der Waals surface area contributed by atoms with Crippen LogP contribution in [-0.2, 0) is 14.6 Å². The number of aromatic nitrogens is 1. The van der Waals surface area contributed by atoms with Crippen LogP contribution in [0.5, 0.6) is 5.75 Å². The topological polar surface area (TPSA) is 79.8 Å². The lowest BCUT2D eigenvalue weighted by Gasteiger charge is -2.21. The van der Waals surface area contributed by atoms with E-state index in [9.17, 15) is 13.2 Å². The van der Waals surface area contributed by atoms with Gasteiger partial charge in [0.1, 0.15) is 11.5 Å². The lowest BCUT2D eigenvalue weighted by Crippen LogP contribution is -2.37. The fourth-order valence-electron chi connectivity index (χ4n) is 3.10. The SMILES string of the molecule is CCOc1ccc2nc(N(CCCN(C)C)C(=O)CS(=O)(=O)c3ccc(Cl)cc3)sc2c1. The Kier molecular flexibility index (Phi) is 8.10. The van der Waals surface area contributed by atoms with Crippen LogP contribution in [0, 0.1) is 0 Å².